The maximum Gasteiger partial charge on any atom is 0.124 e. The molecule has 0 spiro atoms. The first-order valence-electron chi connectivity index (χ1n) is 7.22. The van der Waals surface area contributed by atoms with Gasteiger partial charge in [-0.05, 0) is 44.9 Å². The molecule has 19 heavy (non-hydrogen) atoms. The van der Waals surface area contributed by atoms with Gasteiger partial charge in [0.15, 0.2) is 0 Å². The highest BCUT2D eigenvalue weighted by atomic mass is 16.5. The molecule has 0 aliphatic carbocycles. The summed E-state index contributed by atoms with van der Waals surface area (Å²) in [5, 5.41) is 10.5. The highest BCUT2D eigenvalue weighted by Gasteiger charge is 2.26. The number of β-amino-alcohol motifs (C(OH)–C–C–N with tert-alkyl or cyclic N) is 1. The van der Waals surface area contributed by atoms with E-state index < -0.39 is 6.10 Å². The summed E-state index contributed by atoms with van der Waals surface area (Å²) >= 11 is 0. The van der Waals surface area contributed by atoms with Crippen LogP contribution in [0.5, 0.6) is 5.75 Å². The van der Waals surface area contributed by atoms with Crippen LogP contribution in [0.2, 0.25) is 0 Å². The molecule has 3 heteroatoms. The second-order valence-electron chi connectivity index (χ2n) is 5.46. The largest absolute Gasteiger partial charge is 0.496 e. The van der Waals surface area contributed by atoms with Gasteiger partial charge in [0, 0.05) is 18.2 Å². The molecule has 1 N–H and O–H groups in total. The second-order valence-corrected chi connectivity index (χ2v) is 5.46. The predicted octanol–water partition coefficient (Wildman–Crippen LogP) is 2.91. The van der Waals surface area contributed by atoms with Gasteiger partial charge in [0.05, 0.1) is 13.2 Å². The maximum absolute atomic E-state index is 10.5. The van der Waals surface area contributed by atoms with Crippen molar-refractivity contribution in [3.63, 3.8) is 0 Å². The molecule has 0 bridgehead atoms. The molecule has 1 aromatic carbocycles. The van der Waals surface area contributed by atoms with Crippen LogP contribution in [-0.2, 0) is 0 Å². The molecule has 0 saturated carbocycles. The lowest BCUT2D eigenvalue weighted by Crippen LogP contribution is -2.33. The monoisotopic (exact) mass is 263 g/mol. The molecule has 1 aromatic rings. The molecule has 1 aliphatic rings. The van der Waals surface area contributed by atoms with Crippen molar-refractivity contribution < 1.29 is 9.84 Å². The summed E-state index contributed by atoms with van der Waals surface area (Å²) in [5.41, 5.74) is 2.06. The SMILES string of the molecule is CCC1CCCN1CC(O)c1cc(C)ccc1OC. The van der Waals surface area contributed by atoms with Gasteiger partial charge in [-0.15, -0.1) is 0 Å². The van der Waals surface area contributed by atoms with Crippen LogP contribution in [0, 0.1) is 6.92 Å². The van der Waals surface area contributed by atoms with Gasteiger partial charge in [-0.2, -0.15) is 0 Å². The molecule has 106 valence electrons. The van der Waals surface area contributed by atoms with Gasteiger partial charge in [0.2, 0.25) is 0 Å². The van der Waals surface area contributed by atoms with Gasteiger partial charge >= 0.3 is 0 Å². The minimum atomic E-state index is -0.470. The highest BCUT2D eigenvalue weighted by Crippen LogP contribution is 2.29. The lowest BCUT2D eigenvalue weighted by Gasteiger charge is -2.26. The van der Waals surface area contributed by atoms with Crippen molar-refractivity contribution >= 4 is 0 Å². The molecular weight excluding hydrogens is 238 g/mol. The van der Waals surface area contributed by atoms with Crippen LogP contribution in [0.4, 0.5) is 0 Å². The van der Waals surface area contributed by atoms with Gasteiger partial charge in [-0.3, -0.25) is 4.90 Å². The summed E-state index contributed by atoms with van der Waals surface area (Å²) < 4.78 is 5.36. The summed E-state index contributed by atoms with van der Waals surface area (Å²) in [6, 6.07) is 6.61. The molecule has 1 saturated heterocycles. The molecule has 0 radical (unpaired) electrons. The van der Waals surface area contributed by atoms with E-state index >= 15 is 0 Å². The zero-order chi connectivity index (χ0) is 13.8. The summed E-state index contributed by atoms with van der Waals surface area (Å²) in [6.07, 6.45) is 3.20. The number of likely N-dealkylation sites (tertiary alicyclic amines) is 1. The van der Waals surface area contributed by atoms with Crippen LogP contribution in [0.3, 0.4) is 0 Å². The normalized spacial score (nSPS) is 21.6. The zero-order valence-electron chi connectivity index (χ0n) is 12.2. The van der Waals surface area contributed by atoms with Crippen molar-refractivity contribution in [2.45, 2.75) is 45.3 Å². The van der Waals surface area contributed by atoms with Crippen LogP contribution >= 0.6 is 0 Å². The third-order valence-electron chi connectivity index (χ3n) is 4.12. The van der Waals surface area contributed by atoms with Crippen LogP contribution in [0.25, 0.3) is 0 Å². The smallest absolute Gasteiger partial charge is 0.124 e. The molecule has 3 nitrogen and oxygen atoms in total. The number of aryl methyl sites for hydroxylation is 1. The van der Waals surface area contributed by atoms with Gasteiger partial charge in [0.25, 0.3) is 0 Å². The van der Waals surface area contributed by atoms with Gasteiger partial charge in [-0.25, -0.2) is 0 Å². The molecule has 0 aromatic heterocycles. The zero-order valence-corrected chi connectivity index (χ0v) is 12.2. The number of methoxy groups -OCH3 is 1. The van der Waals surface area contributed by atoms with Crippen molar-refractivity contribution in [2.24, 2.45) is 0 Å². The van der Waals surface area contributed by atoms with Crippen LogP contribution in [0.15, 0.2) is 18.2 Å². The Bertz CT molecular complexity index is 419. The predicted molar refractivity (Wildman–Crippen MR) is 77.6 cm³/mol. The Kier molecular flexibility index (Phi) is 4.83. The van der Waals surface area contributed by atoms with Crippen molar-refractivity contribution in [3.8, 4) is 5.75 Å². The summed E-state index contributed by atoms with van der Waals surface area (Å²) in [6.45, 7) is 6.07. The molecule has 2 rings (SSSR count). The third-order valence-corrected chi connectivity index (χ3v) is 4.12. The van der Waals surface area contributed by atoms with E-state index in [1.165, 1.54) is 12.8 Å². The molecule has 1 heterocycles. The third kappa shape index (κ3) is 3.28. The fourth-order valence-corrected chi connectivity index (χ4v) is 3.03. The molecule has 2 atom stereocenters. The van der Waals surface area contributed by atoms with Gasteiger partial charge in [-0.1, -0.05) is 18.6 Å². The van der Waals surface area contributed by atoms with Crippen molar-refractivity contribution in [1.82, 2.24) is 4.90 Å². The number of rotatable bonds is 5. The first kappa shape index (κ1) is 14.4. The number of ether oxygens (including phenoxy) is 1. The summed E-state index contributed by atoms with van der Waals surface area (Å²) in [7, 11) is 1.66. The lowest BCUT2D eigenvalue weighted by molar-refractivity contribution is 0.103. The first-order chi connectivity index (χ1) is 9.15. The molecule has 1 aliphatic heterocycles. The molecule has 2 unspecified atom stereocenters. The average molecular weight is 263 g/mol. The fraction of sp³-hybridized carbons (Fsp3) is 0.625. The molecular formula is C16H25NO2. The summed E-state index contributed by atoms with van der Waals surface area (Å²) in [4.78, 5) is 2.41. The Hall–Kier alpha value is -1.06. The topological polar surface area (TPSA) is 32.7 Å². The molecule has 1 fully saturated rings. The van der Waals surface area contributed by atoms with Gasteiger partial charge < -0.3 is 9.84 Å². The minimum absolute atomic E-state index is 0.470. The number of hydrogen-bond donors (Lipinski definition) is 1. The maximum atomic E-state index is 10.5. The van der Waals surface area contributed by atoms with Crippen LogP contribution in [0.1, 0.15) is 43.4 Å². The van der Waals surface area contributed by atoms with E-state index in [4.69, 9.17) is 4.74 Å². The Balaban J connectivity index is 2.11. The fourth-order valence-electron chi connectivity index (χ4n) is 3.03. The Morgan fingerprint density at radius 3 is 2.95 bits per heavy atom. The number of benzene rings is 1. The van der Waals surface area contributed by atoms with Gasteiger partial charge in [0.1, 0.15) is 5.75 Å². The van der Waals surface area contributed by atoms with E-state index in [0.717, 1.165) is 29.8 Å². The lowest BCUT2D eigenvalue weighted by atomic mass is 10.0. The van der Waals surface area contributed by atoms with E-state index in [1.807, 2.05) is 25.1 Å². The van der Waals surface area contributed by atoms with Crippen molar-refractivity contribution in [2.75, 3.05) is 20.2 Å². The van der Waals surface area contributed by atoms with Crippen molar-refractivity contribution in [3.05, 3.63) is 29.3 Å². The van der Waals surface area contributed by atoms with E-state index in [1.54, 1.807) is 7.11 Å². The Morgan fingerprint density at radius 2 is 2.26 bits per heavy atom. The minimum Gasteiger partial charge on any atom is -0.496 e. The highest BCUT2D eigenvalue weighted by molar-refractivity contribution is 5.38. The quantitative estimate of drug-likeness (QED) is 0.886. The van der Waals surface area contributed by atoms with Crippen LogP contribution < -0.4 is 4.74 Å². The second kappa shape index (κ2) is 6.40. The number of aliphatic hydroxyl groups is 1. The number of nitrogens with zero attached hydrogens (tertiary/aromatic N) is 1. The Morgan fingerprint density at radius 1 is 1.47 bits per heavy atom. The standard InChI is InChI=1S/C16H25NO2/c1-4-13-6-5-9-17(13)11-15(18)14-10-12(2)7-8-16(14)19-3/h7-8,10,13,15,18H,4-6,9,11H2,1-3H3. The number of hydrogen-bond acceptors (Lipinski definition) is 3. The van der Waals surface area contributed by atoms with E-state index in [9.17, 15) is 5.11 Å². The van der Waals surface area contributed by atoms with Crippen molar-refractivity contribution in [1.29, 1.82) is 0 Å². The Labute approximate surface area is 116 Å². The van der Waals surface area contributed by atoms with E-state index in [-0.39, 0.29) is 0 Å². The number of aliphatic hydroxyl groups excluding tert-OH is 1. The van der Waals surface area contributed by atoms with E-state index in [0.29, 0.717) is 12.6 Å². The molecule has 0 amide bonds. The summed E-state index contributed by atoms with van der Waals surface area (Å²) in [5.74, 6) is 0.783. The van der Waals surface area contributed by atoms with E-state index in [2.05, 4.69) is 11.8 Å². The average Bonchev–Trinajstić information content (AvgIpc) is 2.85. The van der Waals surface area contributed by atoms with Crippen LogP contribution in [-0.4, -0.2) is 36.2 Å². The first-order valence-corrected chi connectivity index (χ1v) is 7.22.